The molecule has 0 aliphatic rings. The van der Waals surface area contributed by atoms with Gasteiger partial charge in [0.1, 0.15) is 10.8 Å². The summed E-state index contributed by atoms with van der Waals surface area (Å²) in [5.41, 5.74) is 6.15. The molecule has 0 unspecified atom stereocenters. The summed E-state index contributed by atoms with van der Waals surface area (Å²) in [7, 11) is 0. The van der Waals surface area contributed by atoms with Gasteiger partial charge in [-0.15, -0.1) is 0 Å². The number of nitrogens with two attached hydrogens (primary N) is 1. The van der Waals surface area contributed by atoms with Gasteiger partial charge in [0.15, 0.2) is 0 Å². The second kappa shape index (κ2) is 5.05. The number of hydrogen-bond donors (Lipinski definition) is 1. The first kappa shape index (κ1) is 11.0. The van der Waals surface area contributed by atoms with Gasteiger partial charge in [-0.1, -0.05) is 17.8 Å². The van der Waals surface area contributed by atoms with Crippen molar-refractivity contribution in [2.75, 3.05) is 0 Å². The quantitative estimate of drug-likeness (QED) is 0.886. The number of rotatable bonds is 3. The molecule has 0 fully saturated rings. The van der Waals surface area contributed by atoms with E-state index in [9.17, 15) is 4.39 Å². The zero-order valence-electron chi connectivity index (χ0n) is 8.43. The van der Waals surface area contributed by atoms with E-state index in [1.165, 1.54) is 23.9 Å². The Morgan fingerprint density at radius 2 is 2.12 bits per heavy atom. The Morgan fingerprint density at radius 1 is 1.25 bits per heavy atom. The molecule has 2 aromatic rings. The van der Waals surface area contributed by atoms with E-state index in [4.69, 9.17) is 5.73 Å². The van der Waals surface area contributed by atoms with Gasteiger partial charge in [0, 0.05) is 11.4 Å². The van der Waals surface area contributed by atoms with Crippen molar-refractivity contribution in [1.29, 1.82) is 0 Å². The van der Waals surface area contributed by atoms with Gasteiger partial charge < -0.3 is 5.73 Å². The predicted molar refractivity (Wildman–Crippen MR) is 60.4 cm³/mol. The highest BCUT2D eigenvalue weighted by molar-refractivity contribution is 7.99. The summed E-state index contributed by atoms with van der Waals surface area (Å²) in [5, 5.41) is 0.725. The highest BCUT2D eigenvalue weighted by atomic mass is 32.2. The van der Waals surface area contributed by atoms with Crippen LogP contribution in [0.15, 0.2) is 46.6 Å². The van der Waals surface area contributed by atoms with Crippen LogP contribution in [0.4, 0.5) is 4.39 Å². The van der Waals surface area contributed by atoms with E-state index in [1.807, 2.05) is 6.07 Å². The van der Waals surface area contributed by atoms with E-state index in [2.05, 4.69) is 9.97 Å². The summed E-state index contributed by atoms with van der Waals surface area (Å²) in [6, 6.07) is 6.36. The smallest absolute Gasteiger partial charge is 0.124 e. The zero-order valence-corrected chi connectivity index (χ0v) is 9.25. The highest BCUT2D eigenvalue weighted by Crippen LogP contribution is 2.25. The van der Waals surface area contributed by atoms with Crippen molar-refractivity contribution in [2.45, 2.75) is 16.5 Å². The maximum atomic E-state index is 12.9. The second-order valence-corrected chi connectivity index (χ2v) is 4.20. The van der Waals surface area contributed by atoms with Crippen molar-refractivity contribution in [3.63, 3.8) is 0 Å². The molecule has 2 N–H and O–H groups in total. The normalized spacial score (nSPS) is 10.4. The van der Waals surface area contributed by atoms with Crippen LogP contribution in [-0.2, 0) is 6.54 Å². The topological polar surface area (TPSA) is 51.8 Å². The van der Waals surface area contributed by atoms with Crippen LogP contribution in [0, 0.1) is 5.82 Å². The molecular weight excluding hydrogens is 225 g/mol. The summed E-state index contributed by atoms with van der Waals surface area (Å²) in [6.45, 7) is 0.373. The molecule has 1 aromatic carbocycles. The lowest BCUT2D eigenvalue weighted by molar-refractivity contribution is 0.624. The van der Waals surface area contributed by atoms with Crippen LogP contribution in [-0.4, -0.2) is 9.97 Å². The maximum absolute atomic E-state index is 12.9. The lowest BCUT2D eigenvalue weighted by Gasteiger charge is -2.01. The molecule has 0 aliphatic heterocycles. The van der Waals surface area contributed by atoms with Crippen LogP contribution in [0.1, 0.15) is 5.69 Å². The summed E-state index contributed by atoms with van der Waals surface area (Å²) >= 11 is 1.37. The Labute approximate surface area is 96.9 Å². The fourth-order valence-electron chi connectivity index (χ4n) is 1.15. The summed E-state index contributed by atoms with van der Waals surface area (Å²) in [4.78, 5) is 9.09. The van der Waals surface area contributed by atoms with Crippen molar-refractivity contribution >= 4 is 11.8 Å². The van der Waals surface area contributed by atoms with E-state index in [1.54, 1.807) is 18.5 Å². The Morgan fingerprint density at radius 3 is 2.75 bits per heavy atom. The van der Waals surface area contributed by atoms with Crippen LogP contribution in [0.5, 0.6) is 0 Å². The summed E-state index contributed by atoms with van der Waals surface area (Å²) in [6.07, 6.45) is 3.26. The van der Waals surface area contributed by atoms with Gasteiger partial charge in [0.25, 0.3) is 0 Å². The Balaban J connectivity index is 2.14. The molecule has 0 amide bonds. The third-order valence-electron chi connectivity index (χ3n) is 1.91. The Hall–Kier alpha value is -1.46. The molecule has 0 radical (unpaired) electrons. The first-order valence-electron chi connectivity index (χ1n) is 4.72. The van der Waals surface area contributed by atoms with Crippen LogP contribution >= 0.6 is 11.8 Å². The molecule has 1 heterocycles. The number of aromatic nitrogens is 2. The zero-order chi connectivity index (χ0) is 11.4. The predicted octanol–water partition coefficient (Wildman–Crippen LogP) is 2.23. The SMILES string of the molecule is NCc1cnc(Sc2cccc(F)c2)cn1. The molecule has 1 aromatic heterocycles. The van der Waals surface area contributed by atoms with Gasteiger partial charge in [0.05, 0.1) is 18.1 Å². The minimum atomic E-state index is -0.253. The van der Waals surface area contributed by atoms with E-state index >= 15 is 0 Å². The largest absolute Gasteiger partial charge is 0.325 e. The molecule has 0 spiro atoms. The van der Waals surface area contributed by atoms with Crippen molar-refractivity contribution in [3.8, 4) is 0 Å². The monoisotopic (exact) mass is 235 g/mol. The molecule has 5 heteroatoms. The van der Waals surface area contributed by atoms with Gasteiger partial charge in [-0.05, 0) is 18.2 Å². The minimum Gasteiger partial charge on any atom is -0.325 e. The fraction of sp³-hybridized carbons (Fsp3) is 0.0909. The average Bonchev–Trinajstić information content (AvgIpc) is 2.30. The molecule has 3 nitrogen and oxygen atoms in total. The first-order valence-corrected chi connectivity index (χ1v) is 5.54. The standard InChI is InChI=1S/C11H10FN3S/c12-8-2-1-3-10(4-8)16-11-7-14-9(5-13)6-15-11/h1-4,6-7H,5,13H2. The number of halogens is 1. The van der Waals surface area contributed by atoms with Crippen molar-refractivity contribution < 1.29 is 4.39 Å². The van der Waals surface area contributed by atoms with E-state index in [0.717, 1.165) is 15.6 Å². The van der Waals surface area contributed by atoms with Gasteiger partial charge in [-0.2, -0.15) is 0 Å². The number of nitrogens with zero attached hydrogens (tertiary/aromatic N) is 2. The third-order valence-corrected chi connectivity index (χ3v) is 2.82. The first-order chi connectivity index (χ1) is 7.78. The minimum absolute atomic E-state index is 0.253. The van der Waals surface area contributed by atoms with Crippen LogP contribution in [0.2, 0.25) is 0 Å². The third kappa shape index (κ3) is 2.77. The molecule has 16 heavy (non-hydrogen) atoms. The molecule has 82 valence electrons. The van der Waals surface area contributed by atoms with Gasteiger partial charge in [-0.3, -0.25) is 4.98 Å². The second-order valence-electron chi connectivity index (χ2n) is 3.11. The highest BCUT2D eigenvalue weighted by Gasteiger charge is 2.00. The number of benzene rings is 1. The van der Waals surface area contributed by atoms with Crippen molar-refractivity contribution in [1.82, 2.24) is 9.97 Å². The molecule has 0 bridgehead atoms. The molecule has 0 saturated carbocycles. The van der Waals surface area contributed by atoms with Crippen LogP contribution in [0.3, 0.4) is 0 Å². The Kier molecular flexibility index (Phi) is 3.48. The molecule has 0 saturated heterocycles. The molecular formula is C11H10FN3S. The van der Waals surface area contributed by atoms with Crippen LogP contribution < -0.4 is 5.73 Å². The molecule has 0 aliphatic carbocycles. The van der Waals surface area contributed by atoms with Crippen LogP contribution in [0.25, 0.3) is 0 Å². The van der Waals surface area contributed by atoms with Gasteiger partial charge >= 0.3 is 0 Å². The van der Waals surface area contributed by atoms with E-state index < -0.39 is 0 Å². The average molecular weight is 235 g/mol. The van der Waals surface area contributed by atoms with E-state index in [0.29, 0.717) is 6.54 Å². The van der Waals surface area contributed by atoms with Gasteiger partial charge in [-0.25, -0.2) is 9.37 Å². The number of hydrogen-bond acceptors (Lipinski definition) is 4. The van der Waals surface area contributed by atoms with Crippen molar-refractivity contribution in [2.24, 2.45) is 5.73 Å². The summed E-state index contributed by atoms with van der Waals surface area (Å²) in [5.74, 6) is -0.253. The lowest BCUT2D eigenvalue weighted by atomic mass is 10.4. The molecule has 0 atom stereocenters. The maximum Gasteiger partial charge on any atom is 0.124 e. The summed E-state index contributed by atoms with van der Waals surface area (Å²) < 4.78 is 12.9. The Bertz CT molecular complexity index is 473. The molecule has 2 rings (SSSR count). The van der Waals surface area contributed by atoms with E-state index in [-0.39, 0.29) is 5.82 Å². The fourth-order valence-corrected chi connectivity index (χ4v) is 1.92. The van der Waals surface area contributed by atoms with Crippen molar-refractivity contribution in [3.05, 3.63) is 48.2 Å². The lowest BCUT2D eigenvalue weighted by Crippen LogP contribution is -1.99. The van der Waals surface area contributed by atoms with Gasteiger partial charge in [0.2, 0.25) is 0 Å².